The molecule has 0 saturated heterocycles. The van der Waals surface area contributed by atoms with Crippen molar-refractivity contribution in [2.45, 2.75) is 19.3 Å². The number of fused-ring (bicyclic) bond motifs is 1. The molecule has 0 unspecified atom stereocenters. The highest BCUT2D eigenvalue weighted by molar-refractivity contribution is 5.64. The normalized spacial score (nSPS) is 13.3. The number of hydrogen-bond donors (Lipinski definition) is 1. The Morgan fingerprint density at radius 2 is 2.00 bits per heavy atom. The second kappa shape index (κ2) is 6.44. The number of nitriles is 1. The van der Waals surface area contributed by atoms with Crippen molar-refractivity contribution < 1.29 is 4.92 Å². The van der Waals surface area contributed by atoms with E-state index in [0.29, 0.717) is 12.5 Å². The third-order valence-electron chi connectivity index (χ3n) is 4.21. The minimum atomic E-state index is -0.556. The van der Waals surface area contributed by atoms with E-state index in [1.807, 2.05) is 6.07 Å². The lowest BCUT2D eigenvalue weighted by Gasteiger charge is -2.10. The van der Waals surface area contributed by atoms with Crippen LogP contribution < -0.4 is 5.32 Å². The SMILES string of the molecule is N#Cc1ccnc(NCCC2Cc3ccccc3C2)c1[N+](=O)[O-]. The van der Waals surface area contributed by atoms with Crippen LogP contribution in [0.2, 0.25) is 0 Å². The van der Waals surface area contributed by atoms with Gasteiger partial charge in [-0.3, -0.25) is 10.1 Å². The molecule has 0 radical (unpaired) electrons. The summed E-state index contributed by atoms with van der Waals surface area (Å²) in [7, 11) is 0. The molecular formula is C17H16N4O2. The maximum atomic E-state index is 11.1. The maximum Gasteiger partial charge on any atom is 0.328 e. The molecule has 0 fully saturated rings. The van der Waals surface area contributed by atoms with Crippen LogP contribution in [-0.2, 0) is 12.8 Å². The first-order chi connectivity index (χ1) is 11.2. The highest BCUT2D eigenvalue weighted by Gasteiger charge is 2.23. The Bertz CT molecular complexity index is 757. The van der Waals surface area contributed by atoms with E-state index in [4.69, 9.17) is 5.26 Å². The van der Waals surface area contributed by atoms with Gasteiger partial charge in [-0.15, -0.1) is 0 Å². The molecule has 6 heteroatoms. The van der Waals surface area contributed by atoms with Gasteiger partial charge in [-0.25, -0.2) is 4.98 Å². The smallest absolute Gasteiger partial charge is 0.328 e. The highest BCUT2D eigenvalue weighted by atomic mass is 16.6. The zero-order chi connectivity index (χ0) is 16.2. The summed E-state index contributed by atoms with van der Waals surface area (Å²) in [6, 6.07) is 11.6. The van der Waals surface area contributed by atoms with Crippen LogP contribution in [-0.4, -0.2) is 16.5 Å². The van der Waals surface area contributed by atoms with Crippen molar-refractivity contribution in [3.8, 4) is 6.07 Å². The molecule has 1 aromatic carbocycles. The van der Waals surface area contributed by atoms with Gasteiger partial charge in [-0.05, 0) is 42.4 Å². The van der Waals surface area contributed by atoms with Gasteiger partial charge in [0.1, 0.15) is 11.6 Å². The first-order valence-corrected chi connectivity index (χ1v) is 7.53. The number of pyridine rings is 1. The van der Waals surface area contributed by atoms with Gasteiger partial charge in [0, 0.05) is 12.7 Å². The van der Waals surface area contributed by atoms with Crippen LogP contribution in [0.4, 0.5) is 11.5 Å². The molecule has 1 N–H and O–H groups in total. The van der Waals surface area contributed by atoms with E-state index in [0.717, 1.165) is 19.3 Å². The lowest BCUT2D eigenvalue weighted by atomic mass is 10.0. The van der Waals surface area contributed by atoms with Crippen molar-refractivity contribution in [2.24, 2.45) is 5.92 Å². The topological polar surface area (TPSA) is 91.8 Å². The van der Waals surface area contributed by atoms with Gasteiger partial charge < -0.3 is 5.32 Å². The molecular weight excluding hydrogens is 292 g/mol. The summed E-state index contributed by atoms with van der Waals surface area (Å²) in [6.45, 7) is 0.599. The largest absolute Gasteiger partial charge is 0.364 e. The van der Waals surface area contributed by atoms with E-state index in [9.17, 15) is 10.1 Å². The molecule has 0 amide bonds. The fourth-order valence-electron chi connectivity index (χ4n) is 3.11. The lowest BCUT2D eigenvalue weighted by molar-refractivity contribution is -0.384. The van der Waals surface area contributed by atoms with Crippen molar-refractivity contribution in [2.75, 3.05) is 11.9 Å². The predicted octanol–water partition coefficient (Wildman–Crippen LogP) is 3.08. The van der Waals surface area contributed by atoms with E-state index in [1.54, 1.807) is 0 Å². The maximum absolute atomic E-state index is 11.1. The fraction of sp³-hybridized carbons (Fsp3) is 0.294. The number of anilines is 1. The second-order valence-corrected chi connectivity index (χ2v) is 5.68. The van der Waals surface area contributed by atoms with Gasteiger partial charge in [0.25, 0.3) is 0 Å². The van der Waals surface area contributed by atoms with Gasteiger partial charge in [0.05, 0.1) is 4.92 Å². The molecule has 0 bridgehead atoms. The summed E-state index contributed by atoms with van der Waals surface area (Å²) in [5, 5.41) is 23.1. The van der Waals surface area contributed by atoms with Gasteiger partial charge in [-0.1, -0.05) is 24.3 Å². The first-order valence-electron chi connectivity index (χ1n) is 7.53. The van der Waals surface area contributed by atoms with Crippen LogP contribution >= 0.6 is 0 Å². The van der Waals surface area contributed by atoms with Crippen molar-refractivity contribution >= 4 is 11.5 Å². The van der Waals surface area contributed by atoms with Gasteiger partial charge in [0.15, 0.2) is 0 Å². The first kappa shape index (κ1) is 15.0. The molecule has 1 heterocycles. The van der Waals surface area contributed by atoms with Crippen molar-refractivity contribution in [3.63, 3.8) is 0 Å². The Morgan fingerprint density at radius 1 is 1.30 bits per heavy atom. The molecule has 1 aliphatic rings. The van der Waals surface area contributed by atoms with Gasteiger partial charge in [-0.2, -0.15) is 5.26 Å². The van der Waals surface area contributed by atoms with Crippen molar-refractivity contribution in [3.05, 3.63) is 63.3 Å². The monoisotopic (exact) mass is 308 g/mol. The standard InChI is InChI=1S/C17H16N4O2/c18-11-15-6-8-20-17(16(15)21(22)23)19-7-5-12-9-13-3-1-2-4-14(13)10-12/h1-4,6,8,12H,5,7,9-10H2,(H,19,20). The van der Waals surface area contributed by atoms with Crippen molar-refractivity contribution in [1.82, 2.24) is 4.98 Å². The zero-order valence-corrected chi connectivity index (χ0v) is 12.5. The molecule has 1 aliphatic carbocycles. The second-order valence-electron chi connectivity index (χ2n) is 5.68. The molecule has 0 saturated carbocycles. The quantitative estimate of drug-likeness (QED) is 0.677. The molecule has 2 aromatic rings. The summed E-state index contributed by atoms with van der Waals surface area (Å²) in [4.78, 5) is 14.6. The van der Waals surface area contributed by atoms with Crippen LogP contribution in [0.5, 0.6) is 0 Å². The summed E-state index contributed by atoms with van der Waals surface area (Å²) >= 11 is 0. The third-order valence-corrected chi connectivity index (χ3v) is 4.21. The van der Waals surface area contributed by atoms with E-state index in [-0.39, 0.29) is 17.1 Å². The number of hydrogen-bond acceptors (Lipinski definition) is 5. The minimum absolute atomic E-state index is 0.0285. The van der Waals surface area contributed by atoms with Crippen LogP contribution in [0, 0.1) is 27.4 Å². The number of nitro groups is 1. The van der Waals surface area contributed by atoms with E-state index >= 15 is 0 Å². The molecule has 116 valence electrons. The summed E-state index contributed by atoms with van der Waals surface area (Å²) in [5.74, 6) is 0.711. The molecule has 0 atom stereocenters. The van der Waals surface area contributed by atoms with Crippen LogP contribution in [0.25, 0.3) is 0 Å². The molecule has 3 rings (SSSR count). The Balaban J connectivity index is 1.62. The van der Waals surface area contributed by atoms with Crippen LogP contribution in [0.15, 0.2) is 36.5 Å². The Kier molecular flexibility index (Phi) is 4.20. The molecule has 23 heavy (non-hydrogen) atoms. The average Bonchev–Trinajstić information content (AvgIpc) is 2.97. The zero-order valence-electron chi connectivity index (χ0n) is 12.5. The van der Waals surface area contributed by atoms with Gasteiger partial charge in [0.2, 0.25) is 5.82 Å². The molecule has 6 nitrogen and oxygen atoms in total. The van der Waals surface area contributed by atoms with E-state index in [1.165, 1.54) is 23.4 Å². The summed E-state index contributed by atoms with van der Waals surface area (Å²) in [6.07, 6.45) is 4.42. The third kappa shape index (κ3) is 3.14. The molecule has 0 aliphatic heterocycles. The average molecular weight is 308 g/mol. The minimum Gasteiger partial charge on any atom is -0.364 e. The van der Waals surface area contributed by atoms with Crippen molar-refractivity contribution in [1.29, 1.82) is 5.26 Å². The molecule has 1 aromatic heterocycles. The molecule has 0 spiro atoms. The Hall–Kier alpha value is -2.94. The Morgan fingerprint density at radius 3 is 2.61 bits per heavy atom. The Labute approximate surface area is 133 Å². The van der Waals surface area contributed by atoms with E-state index in [2.05, 4.69) is 34.6 Å². The highest BCUT2D eigenvalue weighted by Crippen LogP contribution is 2.29. The van der Waals surface area contributed by atoms with Gasteiger partial charge >= 0.3 is 5.69 Å². The number of benzene rings is 1. The van der Waals surface area contributed by atoms with Crippen LogP contribution in [0.1, 0.15) is 23.1 Å². The fourth-order valence-corrected chi connectivity index (χ4v) is 3.11. The number of nitrogens with zero attached hydrogens (tertiary/aromatic N) is 3. The predicted molar refractivity (Wildman–Crippen MR) is 86.1 cm³/mol. The number of rotatable bonds is 5. The number of aromatic nitrogens is 1. The van der Waals surface area contributed by atoms with E-state index < -0.39 is 4.92 Å². The van der Waals surface area contributed by atoms with Crippen LogP contribution in [0.3, 0.4) is 0 Å². The summed E-state index contributed by atoms with van der Waals surface area (Å²) < 4.78 is 0. The number of nitrogens with one attached hydrogen (secondary N) is 1. The lowest BCUT2D eigenvalue weighted by Crippen LogP contribution is -2.12. The summed E-state index contributed by atoms with van der Waals surface area (Å²) in [5.41, 5.74) is 2.58.